The van der Waals surface area contributed by atoms with Crippen molar-refractivity contribution < 1.29 is 4.74 Å². The van der Waals surface area contributed by atoms with Crippen molar-refractivity contribution in [1.82, 2.24) is 9.55 Å². The summed E-state index contributed by atoms with van der Waals surface area (Å²) >= 11 is 0. The van der Waals surface area contributed by atoms with Crippen LogP contribution in [0.2, 0.25) is 0 Å². The van der Waals surface area contributed by atoms with Gasteiger partial charge in [0.2, 0.25) is 0 Å². The van der Waals surface area contributed by atoms with E-state index in [9.17, 15) is 9.59 Å². The zero-order valence-electron chi connectivity index (χ0n) is 15.8. The number of rotatable bonds is 5. The number of nitrogen functional groups attached to an aromatic ring is 1. The number of nitrogens with one attached hydrogen (secondary N) is 1. The predicted molar refractivity (Wildman–Crippen MR) is 107 cm³/mol. The normalized spacial score (nSPS) is 20.3. The van der Waals surface area contributed by atoms with Gasteiger partial charge in [0.25, 0.3) is 5.56 Å². The summed E-state index contributed by atoms with van der Waals surface area (Å²) in [4.78, 5) is 29.5. The van der Waals surface area contributed by atoms with Crippen molar-refractivity contribution in [1.29, 1.82) is 5.26 Å². The number of benzene rings is 1. The summed E-state index contributed by atoms with van der Waals surface area (Å²) in [6.07, 6.45) is 2.92. The quantitative estimate of drug-likeness (QED) is 0.643. The second kappa shape index (κ2) is 6.87. The van der Waals surface area contributed by atoms with Crippen LogP contribution in [0.3, 0.4) is 0 Å². The van der Waals surface area contributed by atoms with Gasteiger partial charge in [-0.2, -0.15) is 5.26 Å². The van der Waals surface area contributed by atoms with Crippen molar-refractivity contribution in [3.63, 3.8) is 0 Å². The highest BCUT2D eigenvalue weighted by molar-refractivity contribution is 5.99. The summed E-state index contributed by atoms with van der Waals surface area (Å²) < 4.78 is 7.31. The molecule has 2 fully saturated rings. The second-order valence-electron chi connectivity index (χ2n) is 7.62. The van der Waals surface area contributed by atoms with Gasteiger partial charge in [-0.3, -0.25) is 14.3 Å². The van der Waals surface area contributed by atoms with E-state index >= 15 is 0 Å². The Labute approximate surface area is 161 Å². The summed E-state index contributed by atoms with van der Waals surface area (Å²) in [5.41, 5.74) is 13.0. The molecule has 28 heavy (non-hydrogen) atoms. The van der Waals surface area contributed by atoms with E-state index in [4.69, 9.17) is 21.5 Å². The first-order chi connectivity index (χ1) is 13.5. The van der Waals surface area contributed by atoms with Crippen LogP contribution in [-0.2, 0) is 0 Å². The van der Waals surface area contributed by atoms with Gasteiger partial charge >= 0.3 is 5.69 Å². The molecule has 2 aromatic rings. The Kier molecular flexibility index (Phi) is 4.51. The van der Waals surface area contributed by atoms with E-state index in [-0.39, 0.29) is 23.4 Å². The lowest BCUT2D eigenvalue weighted by Crippen LogP contribution is -2.33. The summed E-state index contributed by atoms with van der Waals surface area (Å²) in [7, 11) is 1.53. The monoisotopic (exact) mass is 384 g/mol. The molecule has 148 valence electrons. The predicted octanol–water partition coefficient (Wildman–Crippen LogP) is 0.683. The lowest BCUT2D eigenvalue weighted by atomic mass is 9.98. The minimum Gasteiger partial charge on any atom is -0.492 e. The third-order valence-electron chi connectivity index (χ3n) is 5.79. The highest BCUT2D eigenvalue weighted by atomic mass is 16.5. The fourth-order valence-electron chi connectivity index (χ4n) is 4.19. The minimum atomic E-state index is -0.505. The molecule has 2 atom stereocenters. The number of H-pyrrole nitrogens is 1. The van der Waals surface area contributed by atoms with Gasteiger partial charge in [-0.25, -0.2) is 4.79 Å². The van der Waals surface area contributed by atoms with E-state index < -0.39 is 11.2 Å². The van der Waals surface area contributed by atoms with Gasteiger partial charge in [0.1, 0.15) is 5.52 Å². The second-order valence-corrected chi connectivity index (χ2v) is 7.62. The van der Waals surface area contributed by atoms with Crippen LogP contribution in [0.4, 0.5) is 11.4 Å². The topological polar surface area (TPSA) is 143 Å². The smallest absolute Gasteiger partial charge is 0.329 e. The average molecular weight is 384 g/mol. The van der Waals surface area contributed by atoms with Crippen LogP contribution in [0, 0.1) is 17.2 Å². The summed E-state index contributed by atoms with van der Waals surface area (Å²) in [5, 5.41) is 9.19. The number of nitriles is 1. The lowest BCUT2D eigenvalue weighted by Gasteiger charge is -2.25. The van der Waals surface area contributed by atoms with Crippen molar-refractivity contribution in [3.8, 4) is 11.8 Å². The van der Waals surface area contributed by atoms with Gasteiger partial charge in [0.05, 0.1) is 30.7 Å². The van der Waals surface area contributed by atoms with E-state index in [0.29, 0.717) is 29.9 Å². The maximum absolute atomic E-state index is 12.5. The van der Waals surface area contributed by atoms with Gasteiger partial charge in [-0.05, 0) is 31.2 Å². The van der Waals surface area contributed by atoms with Crippen LogP contribution >= 0.6 is 0 Å². The number of nitrogens with zero attached hydrogens (tertiary/aromatic N) is 3. The van der Waals surface area contributed by atoms with Crippen molar-refractivity contribution in [3.05, 3.63) is 26.9 Å². The fourth-order valence-corrected chi connectivity index (χ4v) is 4.19. The first-order valence-electron chi connectivity index (χ1n) is 9.48. The maximum atomic E-state index is 12.5. The molecule has 0 bridgehead atoms. The molecule has 5 N–H and O–H groups in total. The zero-order chi connectivity index (χ0) is 20.0. The molecule has 1 aliphatic carbocycles. The molecule has 4 rings (SSSR count). The molecule has 9 nitrogen and oxygen atoms in total. The molecule has 1 aromatic heterocycles. The molecule has 0 amide bonds. The molecule has 9 heteroatoms. The Morgan fingerprint density at radius 3 is 2.79 bits per heavy atom. The minimum absolute atomic E-state index is 0.0470. The van der Waals surface area contributed by atoms with Crippen molar-refractivity contribution in [2.45, 2.75) is 37.8 Å². The molecule has 2 unspecified atom stereocenters. The van der Waals surface area contributed by atoms with E-state index in [1.807, 2.05) is 0 Å². The van der Waals surface area contributed by atoms with E-state index in [2.05, 4.69) is 16.0 Å². The Hall–Kier alpha value is -2.99. The molecule has 2 aliphatic rings. The van der Waals surface area contributed by atoms with Crippen LogP contribution in [0.15, 0.2) is 15.7 Å². The molecular formula is C19H24N6O3. The Balaban J connectivity index is 1.87. The number of nitrogens with two attached hydrogens (primary N) is 2. The van der Waals surface area contributed by atoms with E-state index in [1.54, 1.807) is 10.6 Å². The summed E-state index contributed by atoms with van der Waals surface area (Å²) in [6.45, 7) is 1.41. The molecule has 2 heterocycles. The average Bonchev–Trinajstić information content (AvgIpc) is 3.36. The lowest BCUT2D eigenvalue weighted by molar-refractivity contribution is 0.416. The molecule has 1 aromatic carbocycles. The van der Waals surface area contributed by atoms with E-state index in [0.717, 1.165) is 31.5 Å². The Bertz CT molecular complexity index is 1080. The largest absolute Gasteiger partial charge is 0.492 e. The fraction of sp³-hybridized carbons (Fsp3) is 0.526. The number of fused-ring (bicyclic) bond motifs is 1. The Morgan fingerprint density at radius 2 is 2.14 bits per heavy atom. The molecular weight excluding hydrogens is 360 g/mol. The first-order valence-corrected chi connectivity index (χ1v) is 9.48. The van der Waals surface area contributed by atoms with Gasteiger partial charge in [-0.1, -0.05) is 0 Å². The number of methoxy groups -OCH3 is 1. The van der Waals surface area contributed by atoms with Gasteiger partial charge in [0.15, 0.2) is 5.75 Å². The molecule has 1 saturated heterocycles. The van der Waals surface area contributed by atoms with Crippen LogP contribution in [-0.4, -0.2) is 35.8 Å². The van der Waals surface area contributed by atoms with Crippen molar-refractivity contribution in [2.75, 3.05) is 30.8 Å². The number of aromatic nitrogens is 2. The van der Waals surface area contributed by atoms with Crippen molar-refractivity contribution in [2.24, 2.45) is 11.7 Å². The number of ether oxygens (including phenoxy) is 1. The maximum Gasteiger partial charge on any atom is 0.329 e. The van der Waals surface area contributed by atoms with Crippen LogP contribution < -0.4 is 32.4 Å². The highest BCUT2D eigenvalue weighted by Gasteiger charge is 2.33. The van der Waals surface area contributed by atoms with Crippen LogP contribution in [0.1, 0.15) is 31.7 Å². The van der Waals surface area contributed by atoms with Crippen molar-refractivity contribution >= 4 is 22.3 Å². The molecule has 0 spiro atoms. The number of hydrogen-bond donors (Lipinski definition) is 3. The van der Waals surface area contributed by atoms with Gasteiger partial charge in [0, 0.05) is 30.9 Å². The number of aromatic amines is 1. The summed E-state index contributed by atoms with van der Waals surface area (Å²) in [6, 6.07) is 3.72. The van der Waals surface area contributed by atoms with E-state index in [1.165, 1.54) is 7.11 Å². The third-order valence-corrected chi connectivity index (χ3v) is 5.79. The molecule has 0 radical (unpaired) electrons. The number of anilines is 2. The molecule has 1 saturated carbocycles. The molecule has 1 aliphatic heterocycles. The third kappa shape index (κ3) is 2.90. The first kappa shape index (κ1) is 18.4. The van der Waals surface area contributed by atoms with Crippen LogP contribution in [0.25, 0.3) is 10.9 Å². The Morgan fingerprint density at radius 1 is 1.39 bits per heavy atom. The summed E-state index contributed by atoms with van der Waals surface area (Å²) in [5.74, 6) is 0.667. The van der Waals surface area contributed by atoms with Gasteiger partial charge in [-0.15, -0.1) is 0 Å². The van der Waals surface area contributed by atoms with Crippen LogP contribution in [0.5, 0.6) is 5.75 Å². The SMILES string of the molecule is COc1c(N2CCC(C(N)CC#N)C2)cc(N)c2c(=O)[nH]c(=O)n(C3CC3)c12. The zero-order valence-corrected chi connectivity index (χ0v) is 15.8. The standard InChI is InChI=1S/C19H24N6O3/c1-28-17-14(24-7-5-10(9-24)12(21)4-6-20)8-13(22)15-16(17)25(11-2-3-11)19(27)23-18(15)26/h8,10-12H,2-5,7,9,21-22H2,1H3,(H,23,26,27). The van der Waals surface area contributed by atoms with Gasteiger partial charge < -0.3 is 21.1 Å². The highest BCUT2D eigenvalue weighted by Crippen LogP contribution is 2.43. The number of hydrogen-bond acceptors (Lipinski definition) is 7.